The van der Waals surface area contributed by atoms with Crippen molar-refractivity contribution in [3.63, 3.8) is 0 Å². The van der Waals surface area contributed by atoms with Gasteiger partial charge in [0.05, 0.1) is 16.3 Å². The van der Waals surface area contributed by atoms with Gasteiger partial charge in [-0.05, 0) is 68.3 Å². The monoisotopic (exact) mass is 451 g/mol. The van der Waals surface area contributed by atoms with Crippen LogP contribution in [0.2, 0.25) is 0 Å². The van der Waals surface area contributed by atoms with Crippen molar-refractivity contribution in [2.24, 2.45) is 0 Å². The molecule has 3 nitrogen and oxygen atoms in total. The summed E-state index contributed by atoms with van der Waals surface area (Å²) in [7, 11) is -3.93. The van der Waals surface area contributed by atoms with E-state index >= 15 is 0 Å². The fraction of sp³-hybridized carbons (Fsp3) is 0.103. The molecule has 33 heavy (non-hydrogen) atoms. The quantitative estimate of drug-likeness (QED) is 0.330. The van der Waals surface area contributed by atoms with Crippen molar-refractivity contribution in [3.05, 3.63) is 125 Å². The maximum Gasteiger partial charge on any atom is 0.269 e. The van der Waals surface area contributed by atoms with E-state index in [0.29, 0.717) is 21.8 Å². The van der Waals surface area contributed by atoms with E-state index in [9.17, 15) is 8.42 Å². The van der Waals surface area contributed by atoms with Gasteiger partial charge in [0.15, 0.2) is 0 Å². The van der Waals surface area contributed by atoms with E-state index in [2.05, 4.69) is 11.8 Å². The van der Waals surface area contributed by atoms with Crippen molar-refractivity contribution in [2.45, 2.75) is 25.7 Å². The lowest BCUT2D eigenvalue weighted by atomic mass is 10.1. The largest absolute Gasteiger partial charge is 0.269 e. The number of rotatable bonds is 4. The molecule has 0 atom stereocenters. The Balaban J connectivity index is 1.95. The van der Waals surface area contributed by atoms with Crippen LogP contribution in [0.25, 0.3) is 0 Å². The molecule has 164 valence electrons. The average molecular weight is 452 g/mol. The van der Waals surface area contributed by atoms with Gasteiger partial charge >= 0.3 is 0 Å². The topological polar surface area (TPSA) is 37.4 Å². The van der Waals surface area contributed by atoms with Gasteiger partial charge in [-0.15, -0.1) is 0 Å². The van der Waals surface area contributed by atoms with Gasteiger partial charge in [0.2, 0.25) is 0 Å². The highest BCUT2D eigenvalue weighted by Gasteiger charge is 2.31. The number of anilines is 2. The third-order valence-corrected chi connectivity index (χ3v) is 7.38. The molecule has 0 aliphatic rings. The number of hydrogen-bond donors (Lipinski definition) is 0. The maximum absolute atomic E-state index is 14.2. The SMILES string of the molecule is Cc1cc(C)c(S(=O)(=O)N(c2ccccc2)c2ccccc2C#Cc2ccccc2)c(C)c1. The lowest BCUT2D eigenvalue weighted by molar-refractivity contribution is 0.595. The Hall–Kier alpha value is -3.81. The van der Waals surface area contributed by atoms with Crippen molar-refractivity contribution >= 4 is 21.4 Å². The molecule has 4 aromatic carbocycles. The van der Waals surface area contributed by atoms with E-state index in [1.807, 2.05) is 99.6 Å². The minimum Gasteiger partial charge on any atom is -0.233 e. The van der Waals surface area contributed by atoms with Crippen LogP contribution in [0.15, 0.2) is 102 Å². The second-order valence-electron chi connectivity index (χ2n) is 7.97. The molecule has 0 aliphatic carbocycles. The van der Waals surface area contributed by atoms with Gasteiger partial charge in [0.25, 0.3) is 10.0 Å². The van der Waals surface area contributed by atoms with Crippen molar-refractivity contribution in [1.29, 1.82) is 0 Å². The summed E-state index contributed by atoms with van der Waals surface area (Å²) < 4.78 is 29.8. The molecule has 0 saturated carbocycles. The molecule has 0 aliphatic heterocycles. The van der Waals surface area contributed by atoms with Crippen LogP contribution in [0.3, 0.4) is 0 Å². The molecule has 0 saturated heterocycles. The lowest BCUT2D eigenvalue weighted by Crippen LogP contribution is -2.28. The van der Waals surface area contributed by atoms with Gasteiger partial charge < -0.3 is 0 Å². The van der Waals surface area contributed by atoms with Crippen LogP contribution in [0.5, 0.6) is 0 Å². The summed E-state index contributed by atoms with van der Waals surface area (Å²) in [5, 5.41) is 0. The molecule has 0 N–H and O–H groups in total. The zero-order valence-electron chi connectivity index (χ0n) is 18.9. The smallest absolute Gasteiger partial charge is 0.233 e. The van der Waals surface area contributed by atoms with Crippen LogP contribution >= 0.6 is 0 Å². The standard InChI is InChI=1S/C29H25NO2S/c1-22-20-23(2)29(24(3)21-22)33(31,32)30(27-15-8-5-9-16-27)28-17-11-10-14-26(28)19-18-25-12-6-4-7-13-25/h4-17,20-21H,1-3H3. The zero-order valence-corrected chi connectivity index (χ0v) is 19.7. The van der Waals surface area contributed by atoms with E-state index in [4.69, 9.17) is 0 Å². The minimum atomic E-state index is -3.93. The summed E-state index contributed by atoms with van der Waals surface area (Å²) in [4.78, 5) is 0.322. The molecule has 4 rings (SSSR count). The van der Waals surface area contributed by atoms with Crippen LogP contribution in [0, 0.1) is 32.6 Å². The maximum atomic E-state index is 14.2. The fourth-order valence-corrected chi connectivity index (χ4v) is 5.98. The van der Waals surface area contributed by atoms with Gasteiger partial charge in [-0.25, -0.2) is 12.7 Å². The number of para-hydroxylation sites is 2. The molecule has 0 radical (unpaired) electrons. The van der Waals surface area contributed by atoms with Crippen LogP contribution in [-0.2, 0) is 10.0 Å². The zero-order chi connectivity index (χ0) is 23.4. The summed E-state index contributed by atoms with van der Waals surface area (Å²) in [6.45, 7) is 5.66. The summed E-state index contributed by atoms with van der Waals surface area (Å²) in [6.07, 6.45) is 0. The summed E-state index contributed by atoms with van der Waals surface area (Å²) >= 11 is 0. The van der Waals surface area contributed by atoms with Crippen molar-refractivity contribution in [2.75, 3.05) is 4.31 Å². The first kappa shape index (κ1) is 22.4. The number of benzene rings is 4. The highest BCUT2D eigenvalue weighted by molar-refractivity contribution is 7.93. The molecule has 0 amide bonds. The number of sulfonamides is 1. The van der Waals surface area contributed by atoms with Gasteiger partial charge in [-0.1, -0.05) is 78.1 Å². The summed E-state index contributed by atoms with van der Waals surface area (Å²) in [5.74, 6) is 6.34. The molecule has 0 fully saturated rings. The van der Waals surface area contributed by atoms with Gasteiger partial charge in [0.1, 0.15) is 0 Å². The van der Waals surface area contributed by atoms with Crippen LogP contribution in [-0.4, -0.2) is 8.42 Å². The Morgan fingerprint density at radius 3 is 1.85 bits per heavy atom. The van der Waals surface area contributed by atoms with Crippen LogP contribution in [0.4, 0.5) is 11.4 Å². The number of aryl methyl sites for hydroxylation is 3. The summed E-state index contributed by atoms with van der Waals surface area (Å²) in [5.41, 5.74) is 5.06. The Labute approximate surface area is 196 Å². The third kappa shape index (κ3) is 4.69. The highest BCUT2D eigenvalue weighted by Crippen LogP contribution is 2.36. The highest BCUT2D eigenvalue weighted by atomic mass is 32.2. The van der Waals surface area contributed by atoms with Gasteiger partial charge in [-0.2, -0.15) is 0 Å². The minimum absolute atomic E-state index is 0.322. The first-order chi connectivity index (χ1) is 15.9. The van der Waals surface area contributed by atoms with E-state index in [0.717, 1.165) is 22.3 Å². The number of nitrogens with zero attached hydrogens (tertiary/aromatic N) is 1. The molecule has 0 heterocycles. The molecule has 0 aromatic heterocycles. The predicted octanol–water partition coefficient (Wildman–Crippen LogP) is 6.54. The average Bonchev–Trinajstić information content (AvgIpc) is 2.79. The molecular weight excluding hydrogens is 426 g/mol. The second-order valence-corrected chi connectivity index (χ2v) is 9.69. The Morgan fingerprint density at radius 2 is 1.21 bits per heavy atom. The first-order valence-electron chi connectivity index (χ1n) is 10.7. The molecule has 4 aromatic rings. The van der Waals surface area contributed by atoms with Crippen molar-refractivity contribution in [3.8, 4) is 11.8 Å². The van der Waals surface area contributed by atoms with Crippen LogP contribution < -0.4 is 4.31 Å². The summed E-state index contributed by atoms with van der Waals surface area (Å²) in [6, 6.07) is 30.0. The van der Waals surface area contributed by atoms with E-state index < -0.39 is 10.0 Å². The van der Waals surface area contributed by atoms with Crippen LogP contribution in [0.1, 0.15) is 27.8 Å². The molecule has 0 spiro atoms. The normalized spacial score (nSPS) is 10.9. The van der Waals surface area contributed by atoms with Gasteiger partial charge in [-0.3, -0.25) is 0 Å². The fourth-order valence-electron chi connectivity index (χ4n) is 4.05. The molecule has 0 bridgehead atoms. The Morgan fingerprint density at radius 1 is 0.667 bits per heavy atom. The Kier molecular flexibility index (Phi) is 6.35. The van der Waals surface area contributed by atoms with Gasteiger partial charge in [0, 0.05) is 11.1 Å². The van der Waals surface area contributed by atoms with E-state index in [-0.39, 0.29) is 0 Å². The molecule has 4 heteroatoms. The second kappa shape index (κ2) is 9.36. The lowest BCUT2D eigenvalue weighted by Gasteiger charge is -2.27. The van der Waals surface area contributed by atoms with Crippen molar-refractivity contribution < 1.29 is 8.42 Å². The first-order valence-corrected chi connectivity index (χ1v) is 12.2. The van der Waals surface area contributed by atoms with Crippen molar-refractivity contribution in [1.82, 2.24) is 0 Å². The number of hydrogen-bond acceptors (Lipinski definition) is 2. The third-order valence-electron chi connectivity index (χ3n) is 5.33. The molecule has 0 unspecified atom stereocenters. The van der Waals surface area contributed by atoms with E-state index in [1.165, 1.54) is 4.31 Å². The Bertz CT molecular complexity index is 1420. The predicted molar refractivity (Wildman–Crippen MR) is 135 cm³/mol. The van der Waals surface area contributed by atoms with E-state index in [1.54, 1.807) is 18.2 Å². The molecular formula is C29H25NO2S.